The number of nitrogens with one attached hydrogen (secondary N) is 2. The second kappa shape index (κ2) is 9.33. The van der Waals surface area contributed by atoms with E-state index in [1.54, 1.807) is 44.2 Å². The van der Waals surface area contributed by atoms with Crippen molar-refractivity contribution < 1.29 is 19.4 Å². The third-order valence-electron chi connectivity index (χ3n) is 3.73. The van der Waals surface area contributed by atoms with Crippen molar-refractivity contribution in [3.05, 3.63) is 30.0 Å². The van der Waals surface area contributed by atoms with Gasteiger partial charge in [-0.1, -0.05) is 0 Å². The topological polar surface area (TPSA) is 96.5 Å². The molecule has 0 bridgehead atoms. The number of methoxy groups -OCH3 is 2. The Morgan fingerprint density at radius 3 is 2.80 bits per heavy atom. The largest absolute Gasteiger partial charge is 0.497 e. The van der Waals surface area contributed by atoms with Crippen LogP contribution in [0.2, 0.25) is 0 Å². The number of aromatic amines is 1. The average Bonchev–Trinajstić information content (AvgIpc) is 3.14. The number of nitrogens with zero attached hydrogens (tertiary/aromatic N) is 1. The Hall–Kier alpha value is -2.19. The van der Waals surface area contributed by atoms with Crippen molar-refractivity contribution in [3.8, 4) is 22.8 Å². The number of aliphatic hydroxyl groups is 1. The van der Waals surface area contributed by atoms with E-state index in [1.165, 1.54) is 0 Å². The van der Waals surface area contributed by atoms with Crippen LogP contribution >= 0.6 is 11.8 Å². The molecular formula is C17H23N3O4S. The average molecular weight is 365 g/mol. The minimum Gasteiger partial charge on any atom is -0.497 e. The van der Waals surface area contributed by atoms with E-state index < -0.39 is 0 Å². The molecule has 0 aliphatic carbocycles. The van der Waals surface area contributed by atoms with Crippen molar-refractivity contribution in [2.75, 3.05) is 32.8 Å². The summed E-state index contributed by atoms with van der Waals surface area (Å²) in [6.45, 7) is -0.0976. The summed E-state index contributed by atoms with van der Waals surface area (Å²) in [7, 11) is 3.15. The molecule has 2 aromatic rings. The Morgan fingerprint density at radius 1 is 1.36 bits per heavy atom. The summed E-state index contributed by atoms with van der Waals surface area (Å²) in [5, 5.41) is 19.1. The summed E-state index contributed by atoms with van der Waals surface area (Å²) in [5.74, 6) is 1.84. The van der Waals surface area contributed by atoms with Gasteiger partial charge in [0.25, 0.3) is 5.91 Å². The van der Waals surface area contributed by atoms with Gasteiger partial charge >= 0.3 is 0 Å². The van der Waals surface area contributed by atoms with Gasteiger partial charge in [-0.05, 0) is 36.6 Å². The standard InChI is InChI=1S/C17H23N3O4S/c1-23-12-4-5-13(16(8-12)24-2)14-9-15(20-19-14)17(22)18-11(10-21)6-7-25-3/h4-5,8-9,11,21H,6-7,10H2,1-3H3,(H,18,22)(H,19,20)/t11-/m0/s1. The number of hydrogen-bond acceptors (Lipinski definition) is 6. The number of carbonyl (C=O) groups is 1. The number of benzene rings is 1. The predicted octanol–water partition coefficient (Wildman–Crippen LogP) is 1.94. The molecule has 0 radical (unpaired) electrons. The molecule has 0 spiro atoms. The fraction of sp³-hybridized carbons (Fsp3) is 0.412. The molecular weight excluding hydrogens is 342 g/mol. The molecule has 7 nitrogen and oxygen atoms in total. The Balaban J connectivity index is 2.15. The molecule has 0 aliphatic rings. The fourth-order valence-electron chi connectivity index (χ4n) is 2.32. The highest BCUT2D eigenvalue weighted by molar-refractivity contribution is 7.98. The van der Waals surface area contributed by atoms with Crippen LogP contribution in [0.15, 0.2) is 24.3 Å². The van der Waals surface area contributed by atoms with Crippen LogP contribution in [0.25, 0.3) is 11.3 Å². The first-order valence-electron chi connectivity index (χ1n) is 7.81. The van der Waals surface area contributed by atoms with Crippen LogP contribution in [0.1, 0.15) is 16.9 Å². The van der Waals surface area contributed by atoms with Gasteiger partial charge in [0.1, 0.15) is 17.2 Å². The molecule has 25 heavy (non-hydrogen) atoms. The SMILES string of the molecule is COc1ccc(-c2cc(C(=O)N[C@H](CO)CCSC)[nH]n2)c(OC)c1. The van der Waals surface area contributed by atoms with Crippen LogP contribution in [0.3, 0.4) is 0 Å². The zero-order valence-corrected chi connectivity index (χ0v) is 15.4. The highest BCUT2D eigenvalue weighted by atomic mass is 32.2. The lowest BCUT2D eigenvalue weighted by atomic mass is 10.1. The summed E-state index contributed by atoms with van der Waals surface area (Å²) in [6, 6.07) is 6.76. The van der Waals surface area contributed by atoms with Gasteiger partial charge < -0.3 is 19.9 Å². The second-order valence-electron chi connectivity index (χ2n) is 5.37. The van der Waals surface area contributed by atoms with Crippen molar-refractivity contribution in [1.29, 1.82) is 0 Å². The predicted molar refractivity (Wildman–Crippen MR) is 98.5 cm³/mol. The zero-order valence-electron chi connectivity index (χ0n) is 14.5. The molecule has 1 aromatic heterocycles. The molecule has 0 unspecified atom stereocenters. The fourth-order valence-corrected chi connectivity index (χ4v) is 2.84. The Bertz CT molecular complexity index is 705. The van der Waals surface area contributed by atoms with Crippen LogP contribution < -0.4 is 14.8 Å². The van der Waals surface area contributed by atoms with Crippen molar-refractivity contribution >= 4 is 17.7 Å². The van der Waals surface area contributed by atoms with Gasteiger partial charge in [0.15, 0.2) is 0 Å². The number of aliphatic hydroxyl groups excluding tert-OH is 1. The van der Waals surface area contributed by atoms with Crippen LogP contribution in [0.5, 0.6) is 11.5 Å². The van der Waals surface area contributed by atoms with E-state index in [2.05, 4.69) is 15.5 Å². The lowest BCUT2D eigenvalue weighted by Crippen LogP contribution is -2.38. The van der Waals surface area contributed by atoms with E-state index in [9.17, 15) is 9.90 Å². The maximum Gasteiger partial charge on any atom is 0.269 e. The van der Waals surface area contributed by atoms with Crippen LogP contribution in [-0.4, -0.2) is 60.1 Å². The van der Waals surface area contributed by atoms with E-state index in [4.69, 9.17) is 9.47 Å². The van der Waals surface area contributed by atoms with E-state index in [0.29, 0.717) is 29.3 Å². The van der Waals surface area contributed by atoms with Crippen LogP contribution in [0.4, 0.5) is 0 Å². The Kier molecular flexibility index (Phi) is 7.15. The van der Waals surface area contributed by atoms with E-state index >= 15 is 0 Å². The summed E-state index contributed by atoms with van der Waals surface area (Å²) in [4.78, 5) is 12.3. The van der Waals surface area contributed by atoms with E-state index in [1.807, 2.05) is 12.3 Å². The molecule has 0 saturated carbocycles. The van der Waals surface area contributed by atoms with Crippen molar-refractivity contribution in [1.82, 2.24) is 15.5 Å². The first kappa shape index (κ1) is 19.1. The third kappa shape index (κ3) is 4.90. The zero-order chi connectivity index (χ0) is 18.2. The molecule has 8 heteroatoms. The lowest BCUT2D eigenvalue weighted by Gasteiger charge is -2.14. The van der Waals surface area contributed by atoms with Crippen molar-refractivity contribution in [2.45, 2.75) is 12.5 Å². The molecule has 1 atom stereocenters. The number of hydrogen-bond donors (Lipinski definition) is 3. The highest BCUT2D eigenvalue weighted by Crippen LogP contribution is 2.32. The quantitative estimate of drug-likeness (QED) is 0.628. The molecule has 2 rings (SSSR count). The second-order valence-corrected chi connectivity index (χ2v) is 6.35. The third-order valence-corrected chi connectivity index (χ3v) is 4.38. The van der Waals surface area contributed by atoms with Crippen LogP contribution in [-0.2, 0) is 0 Å². The van der Waals surface area contributed by atoms with Gasteiger partial charge in [0, 0.05) is 11.6 Å². The first-order chi connectivity index (χ1) is 12.1. The smallest absolute Gasteiger partial charge is 0.269 e. The number of aromatic nitrogens is 2. The van der Waals surface area contributed by atoms with Crippen molar-refractivity contribution in [2.24, 2.45) is 0 Å². The number of carbonyl (C=O) groups excluding carboxylic acids is 1. The van der Waals surface area contributed by atoms with Gasteiger partial charge in [-0.3, -0.25) is 9.89 Å². The van der Waals surface area contributed by atoms with Crippen LogP contribution in [0, 0.1) is 0 Å². The summed E-state index contributed by atoms with van der Waals surface area (Å²) in [5.41, 5.74) is 1.67. The highest BCUT2D eigenvalue weighted by Gasteiger charge is 2.17. The number of H-pyrrole nitrogens is 1. The lowest BCUT2D eigenvalue weighted by molar-refractivity contribution is 0.0910. The van der Waals surface area contributed by atoms with Gasteiger partial charge in [0.2, 0.25) is 0 Å². The maximum absolute atomic E-state index is 12.3. The maximum atomic E-state index is 12.3. The number of amides is 1. The molecule has 1 heterocycles. The minimum atomic E-state index is -0.300. The normalized spacial score (nSPS) is 11.8. The molecule has 136 valence electrons. The van der Waals surface area contributed by atoms with Gasteiger partial charge in [-0.25, -0.2) is 0 Å². The van der Waals surface area contributed by atoms with E-state index in [-0.39, 0.29) is 18.6 Å². The van der Waals surface area contributed by atoms with Gasteiger partial charge in [-0.15, -0.1) is 0 Å². The minimum absolute atomic E-state index is 0.0976. The number of ether oxygens (including phenoxy) is 2. The van der Waals surface area contributed by atoms with Gasteiger partial charge in [-0.2, -0.15) is 16.9 Å². The first-order valence-corrected chi connectivity index (χ1v) is 9.20. The monoisotopic (exact) mass is 365 g/mol. The summed E-state index contributed by atoms with van der Waals surface area (Å²) >= 11 is 1.67. The number of rotatable bonds is 9. The Morgan fingerprint density at radius 2 is 2.16 bits per heavy atom. The molecule has 3 N–H and O–H groups in total. The Labute approximate surface area is 151 Å². The summed E-state index contributed by atoms with van der Waals surface area (Å²) in [6.07, 6.45) is 2.69. The number of thioether (sulfide) groups is 1. The summed E-state index contributed by atoms with van der Waals surface area (Å²) < 4.78 is 10.5. The molecule has 0 saturated heterocycles. The molecule has 0 aliphatic heterocycles. The van der Waals surface area contributed by atoms with Crippen molar-refractivity contribution in [3.63, 3.8) is 0 Å². The molecule has 1 amide bonds. The molecule has 0 fully saturated rings. The van der Waals surface area contributed by atoms with E-state index in [0.717, 1.165) is 11.3 Å². The molecule has 1 aromatic carbocycles. The van der Waals surface area contributed by atoms with Gasteiger partial charge in [0.05, 0.1) is 32.6 Å².